The predicted octanol–water partition coefficient (Wildman–Crippen LogP) is 3.30. The monoisotopic (exact) mass is 304 g/mol. The molecule has 1 saturated carbocycles. The minimum Gasteiger partial charge on any atom is -0.302 e. The van der Waals surface area contributed by atoms with Gasteiger partial charge in [0.15, 0.2) is 0 Å². The van der Waals surface area contributed by atoms with E-state index in [2.05, 4.69) is 9.88 Å². The summed E-state index contributed by atoms with van der Waals surface area (Å²) in [4.78, 5) is 6.43. The molecular weight excluding hydrogens is 289 g/mol. The van der Waals surface area contributed by atoms with Crippen molar-refractivity contribution < 1.29 is 13.2 Å². The molecule has 0 radical (unpaired) electrons. The average Bonchev–Trinajstić information content (AvgIpc) is 2.99. The SMILES string of the molecule is FC(F)(F)c1ccc([C@@]23C[C@@H]2CN(CCCCl)C3)nc1. The van der Waals surface area contributed by atoms with Crippen molar-refractivity contribution in [1.29, 1.82) is 0 Å². The second-order valence-electron chi connectivity index (χ2n) is 5.76. The molecule has 2 aliphatic rings. The molecule has 1 aromatic rings. The Hall–Kier alpha value is -0.810. The minimum absolute atomic E-state index is 0.00353. The molecule has 0 N–H and O–H groups in total. The molecule has 1 saturated heterocycles. The zero-order valence-electron chi connectivity index (χ0n) is 11.0. The fourth-order valence-electron chi connectivity index (χ4n) is 3.29. The lowest BCUT2D eigenvalue weighted by Crippen LogP contribution is -2.28. The van der Waals surface area contributed by atoms with Crippen molar-refractivity contribution in [1.82, 2.24) is 9.88 Å². The molecule has 0 unspecified atom stereocenters. The number of halogens is 4. The summed E-state index contributed by atoms with van der Waals surface area (Å²) in [6.45, 7) is 2.87. The van der Waals surface area contributed by atoms with Gasteiger partial charge in [0.1, 0.15) is 0 Å². The predicted molar refractivity (Wildman–Crippen MR) is 70.8 cm³/mol. The van der Waals surface area contributed by atoms with Crippen LogP contribution < -0.4 is 0 Å². The molecule has 6 heteroatoms. The highest BCUT2D eigenvalue weighted by atomic mass is 35.5. The maximum Gasteiger partial charge on any atom is 0.417 e. The molecule has 1 aromatic heterocycles. The van der Waals surface area contributed by atoms with E-state index in [4.69, 9.17) is 11.6 Å². The number of aromatic nitrogens is 1. The van der Waals surface area contributed by atoms with Crippen LogP contribution in [-0.4, -0.2) is 35.4 Å². The van der Waals surface area contributed by atoms with Crippen molar-refractivity contribution in [3.63, 3.8) is 0 Å². The Morgan fingerprint density at radius 2 is 2.20 bits per heavy atom. The van der Waals surface area contributed by atoms with Crippen LogP contribution in [0, 0.1) is 5.92 Å². The van der Waals surface area contributed by atoms with E-state index in [0.717, 1.165) is 50.4 Å². The summed E-state index contributed by atoms with van der Waals surface area (Å²) in [6, 6.07) is 2.70. The largest absolute Gasteiger partial charge is 0.417 e. The van der Waals surface area contributed by atoms with E-state index in [1.165, 1.54) is 0 Å². The molecule has 2 atom stereocenters. The Labute approximate surface area is 120 Å². The normalized spacial score (nSPS) is 29.5. The van der Waals surface area contributed by atoms with E-state index in [1.807, 2.05) is 0 Å². The highest BCUT2D eigenvalue weighted by molar-refractivity contribution is 6.17. The zero-order valence-corrected chi connectivity index (χ0v) is 11.7. The molecule has 3 rings (SSSR count). The van der Waals surface area contributed by atoms with Crippen molar-refractivity contribution >= 4 is 11.6 Å². The first-order chi connectivity index (χ1) is 9.45. The third kappa shape index (κ3) is 2.42. The fourth-order valence-corrected chi connectivity index (χ4v) is 3.41. The smallest absolute Gasteiger partial charge is 0.302 e. The Balaban J connectivity index is 1.71. The summed E-state index contributed by atoms with van der Waals surface area (Å²) < 4.78 is 37.6. The van der Waals surface area contributed by atoms with Crippen molar-refractivity contribution in [2.45, 2.75) is 24.4 Å². The third-order valence-corrected chi connectivity index (χ3v) is 4.69. The quantitative estimate of drug-likeness (QED) is 0.794. The molecule has 0 spiro atoms. The van der Waals surface area contributed by atoms with Crippen LogP contribution >= 0.6 is 11.6 Å². The highest BCUT2D eigenvalue weighted by Gasteiger charge is 2.61. The van der Waals surface area contributed by atoms with Crippen molar-refractivity contribution in [3.8, 4) is 0 Å². The van der Waals surface area contributed by atoms with Crippen molar-refractivity contribution in [2.75, 3.05) is 25.5 Å². The van der Waals surface area contributed by atoms with E-state index in [-0.39, 0.29) is 5.41 Å². The van der Waals surface area contributed by atoms with Gasteiger partial charge in [-0.05, 0) is 37.4 Å². The van der Waals surface area contributed by atoms with Crippen LogP contribution in [0.1, 0.15) is 24.1 Å². The van der Waals surface area contributed by atoms with Gasteiger partial charge in [0, 0.05) is 36.3 Å². The molecule has 110 valence electrons. The van der Waals surface area contributed by atoms with Crippen LogP contribution in [0.2, 0.25) is 0 Å². The van der Waals surface area contributed by atoms with Crippen LogP contribution in [0.15, 0.2) is 18.3 Å². The van der Waals surface area contributed by atoms with Gasteiger partial charge in [0.25, 0.3) is 0 Å². The van der Waals surface area contributed by atoms with Crippen molar-refractivity contribution in [2.24, 2.45) is 5.92 Å². The van der Waals surface area contributed by atoms with Gasteiger partial charge < -0.3 is 4.90 Å². The number of hydrogen-bond acceptors (Lipinski definition) is 2. The summed E-state index contributed by atoms with van der Waals surface area (Å²) in [5, 5.41) is 0. The first-order valence-corrected chi connectivity index (χ1v) is 7.31. The lowest BCUT2D eigenvalue weighted by atomic mass is 10.00. The Morgan fingerprint density at radius 3 is 2.80 bits per heavy atom. The van der Waals surface area contributed by atoms with Crippen LogP contribution in [0.5, 0.6) is 0 Å². The third-order valence-electron chi connectivity index (χ3n) is 4.43. The average molecular weight is 305 g/mol. The van der Waals surface area contributed by atoms with Crippen LogP contribution in [0.25, 0.3) is 0 Å². The molecule has 20 heavy (non-hydrogen) atoms. The molecule has 0 amide bonds. The maximum atomic E-state index is 12.5. The van der Waals surface area contributed by atoms with E-state index in [9.17, 15) is 13.2 Å². The van der Waals surface area contributed by atoms with Gasteiger partial charge in [-0.2, -0.15) is 13.2 Å². The number of piperidine rings is 1. The topological polar surface area (TPSA) is 16.1 Å². The summed E-state index contributed by atoms with van der Waals surface area (Å²) in [7, 11) is 0. The number of hydrogen-bond donors (Lipinski definition) is 0. The Bertz CT molecular complexity index is 488. The van der Waals surface area contributed by atoms with E-state index >= 15 is 0 Å². The Morgan fingerprint density at radius 1 is 1.40 bits per heavy atom. The molecular formula is C14H16ClF3N2. The first kappa shape index (κ1) is 14.1. The van der Waals surface area contributed by atoms with Gasteiger partial charge in [-0.25, -0.2) is 0 Å². The van der Waals surface area contributed by atoms with Gasteiger partial charge in [-0.3, -0.25) is 4.98 Å². The standard InChI is InChI=1S/C14H16ClF3N2/c15-4-1-5-20-8-11-6-13(11,9-20)12-3-2-10(7-19-12)14(16,17)18/h2-3,7,11H,1,4-6,8-9H2/t11-,13-/m1/s1. The second-order valence-corrected chi connectivity index (χ2v) is 6.14. The first-order valence-electron chi connectivity index (χ1n) is 6.78. The lowest BCUT2D eigenvalue weighted by Gasteiger charge is -2.20. The highest BCUT2D eigenvalue weighted by Crippen LogP contribution is 2.58. The zero-order chi connectivity index (χ0) is 14.4. The van der Waals surface area contributed by atoms with Crippen LogP contribution in [-0.2, 0) is 11.6 Å². The maximum absolute atomic E-state index is 12.5. The molecule has 2 fully saturated rings. The molecule has 0 bridgehead atoms. The number of alkyl halides is 4. The van der Waals surface area contributed by atoms with Crippen LogP contribution in [0.4, 0.5) is 13.2 Å². The molecule has 2 heterocycles. The fraction of sp³-hybridized carbons (Fsp3) is 0.643. The molecule has 0 aromatic carbocycles. The van der Waals surface area contributed by atoms with Gasteiger partial charge in [0.2, 0.25) is 0 Å². The summed E-state index contributed by atoms with van der Waals surface area (Å²) in [6.07, 6.45) is -1.36. The summed E-state index contributed by atoms with van der Waals surface area (Å²) >= 11 is 5.69. The lowest BCUT2D eigenvalue weighted by molar-refractivity contribution is -0.137. The van der Waals surface area contributed by atoms with Crippen molar-refractivity contribution in [3.05, 3.63) is 29.6 Å². The number of likely N-dealkylation sites (tertiary alicyclic amines) is 1. The van der Waals surface area contributed by atoms with E-state index in [1.54, 1.807) is 6.07 Å². The summed E-state index contributed by atoms with van der Waals surface area (Å²) in [5.41, 5.74) is 0.131. The molecule has 1 aliphatic carbocycles. The number of nitrogens with zero attached hydrogens (tertiary/aromatic N) is 2. The van der Waals surface area contributed by atoms with Gasteiger partial charge in [-0.1, -0.05) is 0 Å². The summed E-state index contributed by atoms with van der Waals surface area (Å²) in [5.74, 6) is 1.19. The van der Waals surface area contributed by atoms with Gasteiger partial charge in [0.05, 0.1) is 5.56 Å². The van der Waals surface area contributed by atoms with Gasteiger partial charge in [-0.15, -0.1) is 11.6 Å². The van der Waals surface area contributed by atoms with Gasteiger partial charge >= 0.3 is 6.18 Å². The minimum atomic E-state index is -4.31. The Kier molecular flexibility index (Phi) is 3.45. The number of rotatable bonds is 4. The number of fused-ring (bicyclic) bond motifs is 1. The van der Waals surface area contributed by atoms with E-state index < -0.39 is 11.7 Å². The molecule has 2 nitrogen and oxygen atoms in total. The van der Waals surface area contributed by atoms with E-state index in [0.29, 0.717) is 11.8 Å². The van der Waals surface area contributed by atoms with Crippen LogP contribution in [0.3, 0.4) is 0 Å². The number of pyridine rings is 1. The molecule has 1 aliphatic heterocycles. The second kappa shape index (κ2) is 4.88.